The molecule has 3 aromatic carbocycles. The molecule has 4 aromatic rings. The lowest BCUT2D eigenvalue weighted by atomic mass is 10.0. The van der Waals surface area contributed by atoms with Crippen molar-refractivity contribution in [3.05, 3.63) is 71.8 Å². The summed E-state index contributed by atoms with van der Waals surface area (Å²) in [4.78, 5) is 12.9. The summed E-state index contributed by atoms with van der Waals surface area (Å²) in [5, 5.41) is 15.4. The first kappa shape index (κ1) is 28.8. The second-order valence-electron chi connectivity index (χ2n) is 8.74. The zero-order valence-corrected chi connectivity index (χ0v) is 22.5. The van der Waals surface area contributed by atoms with Crippen LogP contribution in [0, 0.1) is 0 Å². The maximum absolute atomic E-state index is 12.9. The Hall–Kier alpha value is -4.23. The summed E-state index contributed by atoms with van der Waals surface area (Å²) >= 11 is 0. The third-order valence-electron chi connectivity index (χ3n) is 6.06. The minimum Gasteiger partial charge on any atom is -0.495 e. The van der Waals surface area contributed by atoms with E-state index in [1.165, 1.54) is 38.4 Å². The molecular weight excluding hydrogens is 551 g/mol. The average molecular weight is 578 g/mol. The number of hydrogen-bond donors (Lipinski definition) is 3. The number of carbonyl (C=O) groups excluding carboxylic acids is 1. The van der Waals surface area contributed by atoms with Gasteiger partial charge >= 0.3 is 6.18 Å². The van der Waals surface area contributed by atoms with Crippen molar-refractivity contribution < 1.29 is 40.6 Å². The predicted octanol–water partition coefficient (Wildman–Crippen LogP) is 4.99. The van der Waals surface area contributed by atoms with Gasteiger partial charge in [-0.25, -0.2) is 8.42 Å². The number of sulfonamides is 1. The van der Waals surface area contributed by atoms with Gasteiger partial charge in [-0.05, 0) is 54.6 Å². The smallest absolute Gasteiger partial charge is 0.416 e. The van der Waals surface area contributed by atoms with E-state index in [1.54, 1.807) is 24.3 Å². The molecule has 0 atom stereocenters. The fraction of sp³-hybridized carbons (Fsp3) is 0.222. The first-order valence-electron chi connectivity index (χ1n) is 11.9. The summed E-state index contributed by atoms with van der Waals surface area (Å²) in [6, 6.07) is 14.2. The number of fused-ring (bicyclic) bond motifs is 1. The second kappa shape index (κ2) is 11.1. The van der Waals surface area contributed by atoms with Crippen LogP contribution in [-0.4, -0.2) is 53.0 Å². The maximum atomic E-state index is 12.9. The van der Waals surface area contributed by atoms with Gasteiger partial charge in [0.25, 0.3) is 5.91 Å². The molecule has 0 aliphatic carbocycles. The largest absolute Gasteiger partial charge is 0.495 e. The predicted molar refractivity (Wildman–Crippen MR) is 146 cm³/mol. The molecule has 1 heterocycles. The molecular formula is C27H26F3N3O6S. The quantitative estimate of drug-likeness (QED) is 0.256. The van der Waals surface area contributed by atoms with Crippen molar-refractivity contribution in [2.45, 2.75) is 6.18 Å². The second-order valence-corrected chi connectivity index (χ2v) is 10.6. The monoisotopic (exact) mass is 577 g/mol. The highest BCUT2D eigenvalue weighted by Crippen LogP contribution is 2.41. The third-order valence-corrected chi connectivity index (χ3v) is 7.24. The molecule has 4 rings (SSSR count). The van der Waals surface area contributed by atoms with Crippen molar-refractivity contribution in [1.29, 1.82) is 0 Å². The van der Waals surface area contributed by atoms with E-state index in [1.807, 2.05) is 0 Å². The SMILES string of the molecule is CNC(=O)c1c(-c2ccc(Nc3ccc(C(F)(F)F)cc3)cc2)oc2cc(N(CCO)S(C)(=O)=O)c(OC)cc12. The van der Waals surface area contributed by atoms with Gasteiger partial charge < -0.3 is 24.9 Å². The number of aliphatic hydroxyl groups excluding tert-OH is 1. The molecule has 0 aliphatic rings. The molecule has 13 heteroatoms. The van der Waals surface area contributed by atoms with Gasteiger partial charge in [-0.2, -0.15) is 13.2 Å². The van der Waals surface area contributed by atoms with Gasteiger partial charge in [0.1, 0.15) is 17.1 Å². The van der Waals surface area contributed by atoms with Crippen LogP contribution < -0.4 is 19.7 Å². The molecule has 3 N–H and O–H groups in total. The summed E-state index contributed by atoms with van der Waals surface area (Å²) in [6.07, 6.45) is -3.43. The van der Waals surface area contributed by atoms with E-state index >= 15 is 0 Å². The van der Waals surface area contributed by atoms with Gasteiger partial charge in [0, 0.05) is 35.4 Å². The van der Waals surface area contributed by atoms with Crippen LogP contribution >= 0.6 is 0 Å². The normalized spacial score (nSPS) is 11.9. The first-order valence-corrected chi connectivity index (χ1v) is 13.7. The van der Waals surface area contributed by atoms with Crippen LogP contribution in [-0.2, 0) is 16.2 Å². The number of aliphatic hydroxyl groups is 1. The Morgan fingerprint density at radius 1 is 1.05 bits per heavy atom. The number of rotatable bonds is 9. The molecule has 212 valence electrons. The summed E-state index contributed by atoms with van der Waals surface area (Å²) in [7, 11) is -0.976. The van der Waals surface area contributed by atoms with E-state index in [0.29, 0.717) is 22.3 Å². The lowest BCUT2D eigenvalue weighted by Gasteiger charge is -2.23. The van der Waals surface area contributed by atoms with Crippen LogP contribution in [0.2, 0.25) is 0 Å². The summed E-state index contributed by atoms with van der Waals surface area (Å²) in [5.41, 5.74) is 1.33. The minimum absolute atomic E-state index is 0.131. The fourth-order valence-electron chi connectivity index (χ4n) is 4.19. The van der Waals surface area contributed by atoms with E-state index in [-0.39, 0.29) is 34.9 Å². The van der Waals surface area contributed by atoms with Crippen molar-refractivity contribution in [2.75, 3.05) is 43.2 Å². The Kier molecular flexibility index (Phi) is 7.98. The number of carbonyl (C=O) groups is 1. The molecule has 0 bridgehead atoms. The van der Waals surface area contributed by atoms with E-state index < -0.39 is 34.3 Å². The molecule has 1 amide bonds. The van der Waals surface area contributed by atoms with E-state index in [2.05, 4.69) is 10.6 Å². The minimum atomic E-state index is -4.43. The van der Waals surface area contributed by atoms with Gasteiger partial charge in [0.2, 0.25) is 10.0 Å². The van der Waals surface area contributed by atoms with Crippen molar-refractivity contribution in [3.8, 4) is 17.1 Å². The number of alkyl halides is 3. The zero-order valence-electron chi connectivity index (χ0n) is 21.7. The fourth-order valence-corrected chi connectivity index (χ4v) is 5.11. The highest BCUT2D eigenvalue weighted by molar-refractivity contribution is 7.92. The lowest BCUT2D eigenvalue weighted by Crippen LogP contribution is -2.32. The number of halogens is 3. The number of nitrogens with zero attached hydrogens (tertiary/aromatic N) is 1. The highest BCUT2D eigenvalue weighted by atomic mass is 32.2. The summed E-state index contributed by atoms with van der Waals surface area (Å²) in [6.45, 7) is -0.655. The molecule has 40 heavy (non-hydrogen) atoms. The number of ether oxygens (including phenoxy) is 1. The van der Waals surface area contributed by atoms with Gasteiger partial charge in [-0.1, -0.05) is 0 Å². The van der Waals surface area contributed by atoms with Gasteiger partial charge in [-0.3, -0.25) is 9.10 Å². The van der Waals surface area contributed by atoms with Gasteiger partial charge in [-0.15, -0.1) is 0 Å². The number of anilines is 3. The number of methoxy groups -OCH3 is 1. The van der Waals surface area contributed by atoms with Crippen LogP contribution in [0.25, 0.3) is 22.3 Å². The van der Waals surface area contributed by atoms with Crippen LogP contribution in [0.15, 0.2) is 65.1 Å². The first-order chi connectivity index (χ1) is 18.9. The van der Waals surface area contributed by atoms with Crippen molar-refractivity contribution in [1.82, 2.24) is 5.32 Å². The molecule has 0 fully saturated rings. The standard InChI is InChI=1S/C27H26F3N3O6S/c1-31-26(35)24-20-14-23(38-2)21(33(12-13-34)40(3,36)37)15-22(20)39-25(24)16-4-8-18(9-5-16)32-19-10-6-17(7-11-19)27(28,29)30/h4-11,14-15,32,34H,12-13H2,1-3H3,(H,31,35). The summed E-state index contributed by atoms with van der Waals surface area (Å²) < 4.78 is 75.8. The van der Waals surface area contributed by atoms with Crippen LogP contribution in [0.5, 0.6) is 5.75 Å². The number of nitrogens with one attached hydrogen (secondary N) is 2. The van der Waals surface area contributed by atoms with E-state index in [9.17, 15) is 31.5 Å². The lowest BCUT2D eigenvalue weighted by molar-refractivity contribution is -0.137. The Bertz CT molecular complexity index is 1630. The molecule has 1 aromatic heterocycles. The highest BCUT2D eigenvalue weighted by Gasteiger charge is 2.30. The van der Waals surface area contributed by atoms with E-state index in [0.717, 1.165) is 22.7 Å². The summed E-state index contributed by atoms with van der Waals surface area (Å²) in [5.74, 6) is -0.0894. The van der Waals surface area contributed by atoms with Gasteiger partial charge in [0.15, 0.2) is 0 Å². The Morgan fingerprint density at radius 3 is 2.15 bits per heavy atom. The zero-order chi connectivity index (χ0) is 29.2. The van der Waals surface area contributed by atoms with E-state index in [4.69, 9.17) is 9.15 Å². The number of benzene rings is 3. The Labute approximate surface area is 228 Å². The number of amides is 1. The van der Waals surface area contributed by atoms with Gasteiger partial charge in [0.05, 0.1) is 43.3 Å². The third kappa shape index (κ3) is 5.84. The Balaban J connectivity index is 1.75. The maximum Gasteiger partial charge on any atom is 0.416 e. The van der Waals surface area contributed by atoms with Crippen LogP contribution in [0.3, 0.4) is 0 Å². The average Bonchev–Trinajstić information content (AvgIpc) is 3.28. The van der Waals surface area contributed by atoms with Crippen molar-refractivity contribution in [2.24, 2.45) is 0 Å². The van der Waals surface area contributed by atoms with Crippen LogP contribution in [0.4, 0.5) is 30.2 Å². The molecule has 0 saturated heterocycles. The number of hydrogen-bond acceptors (Lipinski definition) is 7. The molecule has 0 unspecified atom stereocenters. The Morgan fingerprint density at radius 2 is 1.65 bits per heavy atom. The van der Waals surface area contributed by atoms with Crippen LogP contribution in [0.1, 0.15) is 15.9 Å². The number of furan rings is 1. The topological polar surface area (TPSA) is 121 Å². The molecule has 0 aliphatic heterocycles. The molecule has 9 nitrogen and oxygen atoms in total. The molecule has 0 radical (unpaired) electrons. The van der Waals surface area contributed by atoms with Crippen molar-refractivity contribution >= 4 is 44.0 Å². The molecule has 0 spiro atoms. The van der Waals surface area contributed by atoms with Crippen molar-refractivity contribution in [3.63, 3.8) is 0 Å². The molecule has 0 saturated carbocycles.